The number of nitrogens with zero attached hydrogens (tertiary/aromatic N) is 2. The van der Waals surface area contributed by atoms with Gasteiger partial charge in [-0.1, -0.05) is 22.2 Å². The average Bonchev–Trinajstić information content (AvgIpc) is 2.89. The molecule has 1 aromatic carbocycles. The fourth-order valence-electron chi connectivity index (χ4n) is 5.83. The Hall–Kier alpha value is -1.52. The van der Waals surface area contributed by atoms with Crippen LogP contribution in [0.5, 0.6) is 0 Å². The summed E-state index contributed by atoms with van der Waals surface area (Å²) in [5.41, 5.74) is 4.93. The fourth-order valence-corrected chi connectivity index (χ4v) is 5.97. The Bertz CT molecular complexity index is 818. The summed E-state index contributed by atoms with van der Waals surface area (Å²) in [4.78, 5) is 17.0. The Kier molecular flexibility index (Phi) is 4.08. The minimum atomic E-state index is -0.0858. The van der Waals surface area contributed by atoms with Crippen molar-refractivity contribution in [1.29, 1.82) is 5.26 Å². The minimum Gasteiger partial charge on any atom is -0.299 e. The zero-order chi connectivity index (χ0) is 17.8. The van der Waals surface area contributed by atoms with Gasteiger partial charge in [0, 0.05) is 17.3 Å². The maximum absolute atomic E-state index is 12.4. The van der Waals surface area contributed by atoms with Crippen molar-refractivity contribution in [2.75, 3.05) is 0 Å². The Morgan fingerprint density at radius 1 is 1.32 bits per heavy atom. The Balaban J connectivity index is 1.76. The first-order valence-corrected chi connectivity index (χ1v) is 9.93. The molecule has 1 aromatic rings. The number of benzene rings is 1. The Morgan fingerprint density at radius 2 is 2.12 bits per heavy atom. The van der Waals surface area contributed by atoms with Crippen LogP contribution in [0, 0.1) is 28.6 Å². The van der Waals surface area contributed by atoms with Crippen LogP contribution in [0.2, 0.25) is 0 Å². The second kappa shape index (κ2) is 6.03. The zero-order valence-electron chi connectivity index (χ0n) is 15.0. The van der Waals surface area contributed by atoms with Gasteiger partial charge in [-0.15, -0.1) is 0 Å². The molecular formula is C21H25N2OP. The lowest BCUT2D eigenvalue weighted by atomic mass is 9.55. The first kappa shape index (κ1) is 16.9. The maximum Gasteiger partial charge on any atom is 0.139 e. The normalized spacial score (nSPS) is 34.1. The molecule has 0 N–H and O–H groups in total. The van der Waals surface area contributed by atoms with E-state index < -0.39 is 0 Å². The third-order valence-corrected chi connectivity index (χ3v) is 7.14. The largest absolute Gasteiger partial charge is 0.299 e. The van der Waals surface area contributed by atoms with E-state index in [-0.39, 0.29) is 5.41 Å². The lowest BCUT2D eigenvalue weighted by Crippen LogP contribution is -2.42. The number of Topliss-reactive ketones (excluding diaryl/α,β-unsaturated/α-hetero) is 1. The monoisotopic (exact) mass is 352 g/mol. The molecule has 3 aliphatic carbocycles. The highest BCUT2D eigenvalue weighted by atomic mass is 31.0. The lowest BCUT2D eigenvalue weighted by Gasteiger charge is -2.48. The van der Waals surface area contributed by atoms with Gasteiger partial charge < -0.3 is 0 Å². The van der Waals surface area contributed by atoms with E-state index in [1.165, 1.54) is 11.1 Å². The maximum atomic E-state index is 12.4. The lowest BCUT2D eigenvalue weighted by molar-refractivity contribution is -0.129. The minimum absolute atomic E-state index is 0.0858. The predicted octanol–water partition coefficient (Wildman–Crippen LogP) is 4.91. The molecule has 4 unspecified atom stereocenters. The molecule has 2 fully saturated rings. The summed E-state index contributed by atoms with van der Waals surface area (Å²) in [6.45, 7) is 4.14. The fraction of sp³-hybridized carbons (Fsp3) is 0.571. The van der Waals surface area contributed by atoms with Gasteiger partial charge in [-0.05, 0) is 74.0 Å². The van der Waals surface area contributed by atoms with Crippen LogP contribution in [-0.2, 0) is 11.2 Å². The summed E-state index contributed by atoms with van der Waals surface area (Å²) in [6.07, 6.45) is 5.95. The van der Waals surface area contributed by atoms with Gasteiger partial charge in [0.25, 0.3) is 0 Å². The van der Waals surface area contributed by atoms with E-state index in [1.54, 1.807) is 0 Å². The Morgan fingerprint density at radius 3 is 2.84 bits per heavy atom. The van der Waals surface area contributed by atoms with Gasteiger partial charge >= 0.3 is 0 Å². The molecule has 130 valence electrons. The third kappa shape index (κ3) is 2.49. The van der Waals surface area contributed by atoms with E-state index in [1.807, 2.05) is 13.0 Å². The average molecular weight is 352 g/mol. The van der Waals surface area contributed by atoms with Crippen LogP contribution in [0.25, 0.3) is 0 Å². The van der Waals surface area contributed by atoms with E-state index >= 15 is 0 Å². The highest BCUT2D eigenvalue weighted by Gasteiger charge is 2.54. The molecule has 0 heterocycles. The molecule has 4 heteroatoms. The van der Waals surface area contributed by atoms with Crippen LogP contribution in [-0.4, -0.2) is 11.2 Å². The van der Waals surface area contributed by atoms with E-state index in [0.29, 0.717) is 23.5 Å². The molecule has 0 aromatic heterocycles. The van der Waals surface area contributed by atoms with Gasteiger partial charge in [-0.3, -0.25) is 9.79 Å². The summed E-state index contributed by atoms with van der Waals surface area (Å²) < 4.78 is 0. The van der Waals surface area contributed by atoms with E-state index in [2.05, 4.69) is 33.3 Å². The summed E-state index contributed by atoms with van der Waals surface area (Å²) in [5, 5.41) is 9.74. The van der Waals surface area contributed by atoms with Crippen LogP contribution in [0.15, 0.2) is 17.1 Å². The molecule has 0 spiro atoms. The molecule has 25 heavy (non-hydrogen) atoms. The number of hydrogen-bond donors (Lipinski definition) is 0. The van der Waals surface area contributed by atoms with Crippen LogP contribution in [0.4, 0.5) is 5.69 Å². The molecule has 2 saturated carbocycles. The van der Waals surface area contributed by atoms with Gasteiger partial charge in [0.05, 0.1) is 11.3 Å². The van der Waals surface area contributed by atoms with Crippen molar-refractivity contribution in [2.45, 2.75) is 58.3 Å². The molecule has 3 aliphatic rings. The summed E-state index contributed by atoms with van der Waals surface area (Å²) in [7, 11) is 2.59. The summed E-state index contributed by atoms with van der Waals surface area (Å²) in [6, 6.07) is 6.64. The van der Waals surface area contributed by atoms with Crippen molar-refractivity contribution < 1.29 is 4.79 Å². The van der Waals surface area contributed by atoms with Gasteiger partial charge in [0.15, 0.2) is 0 Å². The molecule has 0 radical (unpaired) electrons. The van der Waals surface area contributed by atoms with Crippen molar-refractivity contribution in [2.24, 2.45) is 22.2 Å². The summed E-state index contributed by atoms with van der Waals surface area (Å²) >= 11 is 0. The second-order valence-corrected chi connectivity index (χ2v) is 9.06. The van der Waals surface area contributed by atoms with Crippen molar-refractivity contribution in [1.82, 2.24) is 0 Å². The van der Waals surface area contributed by atoms with Crippen LogP contribution >= 0.6 is 9.24 Å². The molecule has 0 saturated heterocycles. The van der Waals surface area contributed by atoms with Crippen molar-refractivity contribution >= 4 is 26.2 Å². The molecule has 0 amide bonds. The number of fused-ring (bicyclic) bond motifs is 5. The first-order valence-electron chi connectivity index (χ1n) is 9.35. The predicted molar refractivity (Wildman–Crippen MR) is 103 cm³/mol. The highest BCUT2D eigenvalue weighted by Crippen LogP contribution is 2.59. The molecule has 0 bridgehead atoms. The van der Waals surface area contributed by atoms with E-state index in [0.717, 1.165) is 55.2 Å². The topological polar surface area (TPSA) is 53.2 Å². The highest BCUT2D eigenvalue weighted by molar-refractivity contribution is 7.40. The summed E-state index contributed by atoms with van der Waals surface area (Å²) in [5.74, 6) is 2.13. The molecular weight excluding hydrogens is 327 g/mol. The standard InChI is InChI=1S/C21H25N2OP/c1-12(25)23-19-7-5-13-14(17(19)11-22)3-4-16-15(13)9-10-21(2)18(16)6-8-20(21)24/h5,7,15-16,18H,3-4,6,8-10,25H2,1-2H3/t15?,16?,18?,21-/m0/s1. The van der Waals surface area contributed by atoms with Gasteiger partial charge in [-0.25, -0.2) is 0 Å². The molecule has 5 atom stereocenters. The van der Waals surface area contributed by atoms with Crippen LogP contribution in [0.3, 0.4) is 0 Å². The number of carbonyl (C=O) groups excluding carboxylic acids is 1. The molecule has 0 aliphatic heterocycles. The molecule has 3 nitrogen and oxygen atoms in total. The van der Waals surface area contributed by atoms with Crippen LogP contribution in [0.1, 0.15) is 68.6 Å². The first-order chi connectivity index (χ1) is 12.0. The number of ketones is 1. The van der Waals surface area contributed by atoms with Gasteiger partial charge in [0.1, 0.15) is 11.9 Å². The number of rotatable bonds is 1. The number of carbonyl (C=O) groups is 1. The van der Waals surface area contributed by atoms with Gasteiger partial charge in [-0.2, -0.15) is 5.26 Å². The van der Waals surface area contributed by atoms with Crippen LogP contribution < -0.4 is 0 Å². The quantitative estimate of drug-likeness (QED) is 0.533. The Labute approximate surface area is 152 Å². The second-order valence-electron chi connectivity index (χ2n) is 8.23. The van der Waals surface area contributed by atoms with Crippen molar-refractivity contribution in [3.05, 3.63) is 28.8 Å². The SMILES string of the molecule is CC(P)=Nc1ccc2c(c1C#N)CCC1C2CC[C@]2(C)C(=O)CCC12. The smallest absolute Gasteiger partial charge is 0.139 e. The number of hydrogen-bond acceptors (Lipinski definition) is 3. The zero-order valence-corrected chi connectivity index (χ0v) is 16.2. The van der Waals surface area contributed by atoms with Gasteiger partial charge in [0.2, 0.25) is 0 Å². The molecule has 4 rings (SSSR count). The van der Waals surface area contributed by atoms with E-state index in [4.69, 9.17) is 0 Å². The number of aliphatic imine (C=N–C) groups is 1. The van der Waals surface area contributed by atoms with E-state index in [9.17, 15) is 10.1 Å². The number of nitriles is 1. The van der Waals surface area contributed by atoms with Crippen molar-refractivity contribution in [3.8, 4) is 6.07 Å². The van der Waals surface area contributed by atoms with Crippen molar-refractivity contribution in [3.63, 3.8) is 0 Å². The third-order valence-electron chi connectivity index (χ3n) is 7.01.